The Morgan fingerprint density at radius 3 is 2.68 bits per heavy atom. The summed E-state index contributed by atoms with van der Waals surface area (Å²) in [6.45, 7) is 6.26. The predicted molar refractivity (Wildman–Crippen MR) is 65.7 cm³/mol. The SMILES string of the molecule is CC(C)(C)OC(=O)N1CCC2OS(=O)(=O)OCC2C1. The number of likely N-dealkylation sites (tertiary alicyclic amines) is 1. The molecule has 7 nitrogen and oxygen atoms in total. The predicted octanol–water partition coefficient (Wildman–Crippen LogP) is 0.904. The van der Waals surface area contributed by atoms with Crippen LogP contribution in [0.1, 0.15) is 27.2 Å². The summed E-state index contributed by atoms with van der Waals surface area (Å²) in [4.78, 5) is 13.5. The average molecular weight is 293 g/mol. The van der Waals surface area contributed by atoms with Gasteiger partial charge >= 0.3 is 16.5 Å². The van der Waals surface area contributed by atoms with E-state index in [0.717, 1.165) is 0 Å². The summed E-state index contributed by atoms with van der Waals surface area (Å²) in [7, 11) is -3.85. The van der Waals surface area contributed by atoms with E-state index in [1.54, 1.807) is 25.7 Å². The van der Waals surface area contributed by atoms with E-state index in [9.17, 15) is 13.2 Å². The van der Waals surface area contributed by atoms with Gasteiger partial charge in [-0.15, -0.1) is 0 Å². The van der Waals surface area contributed by atoms with Gasteiger partial charge in [-0.25, -0.2) is 13.2 Å². The molecule has 2 saturated heterocycles. The summed E-state index contributed by atoms with van der Waals surface area (Å²) >= 11 is 0. The van der Waals surface area contributed by atoms with Crippen molar-refractivity contribution >= 4 is 16.5 Å². The van der Waals surface area contributed by atoms with Gasteiger partial charge < -0.3 is 9.64 Å². The van der Waals surface area contributed by atoms with Crippen molar-refractivity contribution < 1.29 is 26.3 Å². The largest absolute Gasteiger partial charge is 0.444 e. The second-order valence-electron chi connectivity index (χ2n) is 5.80. The summed E-state index contributed by atoms with van der Waals surface area (Å²) < 4.78 is 37.1. The van der Waals surface area contributed by atoms with Crippen molar-refractivity contribution in [1.82, 2.24) is 4.90 Å². The van der Waals surface area contributed by atoms with Crippen LogP contribution in [-0.2, 0) is 23.5 Å². The van der Waals surface area contributed by atoms with Crippen LogP contribution in [-0.4, -0.2) is 50.8 Å². The molecule has 110 valence electrons. The van der Waals surface area contributed by atoms with Gasteiger partial charge in [-0.2, -0.15) is 8.42 Å². The summed E-state index contributed by atoms with van der Waals surface area (Å²) in [6, 6.07) is 0. The van der Waals surface area contributed by atoms with Gasteiger partial charge in [0, 0.05) is 19.0 Å². The van der Waals surface area contributed by atoms with Gasteiger partial charge in [0.1, 0.15) is 5.60 Å². The number of hydrogen-bond acceptors (Lipinski definition) is 6. The molecule has 1 amide bonds. The maximum absolute atomic E-state index is 11.9. The minimum Gasteiger partial charge on any atom is -0.444 e. The van der Waals surface area contributed by atoms with Gasteiger partial charge in [0.2, 0.25) is 0 Å². The molecule has 0 radical (unpaired) electrons. The fourth-order valence-electron chi connectivity index (χ4n) is 2.14. The van der Waals surface area contributed by atoms with Crippen LogP contribution in [0.25, 0.3) is 0 Å². The minimum absolute atomic E-state index is 0.0479. The number of fused-ring (bicyclic) bond motifs is 1. The maximum atomic E-state index is 11.9. The zero-order valence-electron chi connectivity index (χ0n) is 11.3. The van der Waals surface area contributed by atoms with Crippen molar-refractivity contribution in [2.75, 3.05) is 19.7 Å². The van der Waals surface area contributed by atoms with Crippen molar-refractivity contribution in [2.45, 2.75) is 38.9 Å². The van der Waals surface area contributed by atoms with Crippen molar-refractivity contribution in [2.24, 2.45) is 5.92 Å². The summed E-state index contributed by atoms with van der Waals surface area (Å²) in [5.41, 5.74) is -0.545. The molecule has 0 aromatic rings. The highest BCUT2D eigenvalue weighted by molar-refractivity contribution is 7.81. The smallest absolute Gasteiger partial charge is 0.410 e. The van der Waals surface area contributed by atoms with Crippen LogP contribution in [0.4, 0.5) is 4.79 Å². The molecule has 0 aromatic carbocycles. The number of rotatable bonds is 0. The molecule has 19 heavy (non-hydrogen) atoms. The first-order chi connectivity index (χ1) is 8.66. The Morgan fingerprint density at radius 1 is 1.37 bits per heavy atom. The van der Waals surface area contributed by atoms with Crippen LogP contribution in [0.2, 0.25) is 0 Å². The Hall–Kier alpha value is -0.860. The van der Waals surface area contributed by atoms with E-state index in [1.165, 1.54) is 0 Å². The average Bonchev–Trinajstić information content (AvgIpc) is 2.24. The number of hydrogen-bond donors (Lipinski definition) is 0. The van der Waals surface area contributed by atoms with Gasteiger partial charge in [-0.05, 0) is 27.2 Å². The molecule has 8 heteroatoms. The lowest BCUT2D eigenvalue weighted by molar-refractivity contribution is -0.0305. The van der Waals surface area contributed by atoms with E-state index >= 15 is 0 Å². The number of piperidine rings is 1. The third-order valence-corrected chi connectivity index (χ3v) is 3.89. The van der Waals surface area contributed by atoms with E-state index < -0.39 is 22.1 Å². The molecule has 2 aliphatic heterocycles. The first-order valence-electron chi connectivity index (χ1n) is 6.22. The highest BCUT2D eigenvalue weighted by Gasteiger charge is 2.40. The molecule has 2 atom stereocenters. The van der Waals surface area contributed by atoms with Crippen molar-refractivity contribution in [3.05, 3.63) is 0 Å². The minimum atomic E-state index is -3.85. The topological polar surface area (TPSA) is 82.1 Å². The van der Waals surface area contributed by atoms with E-state index in [-0.39, 0.29) is 18.6 Å². The zero-order chi connectivity index (χ0) is 14.3. The van der Waals surface area contributed by atoms with E-state index in [2.05, 4.69) is 4.18 Å². The Balaban J connectivity index is 1.95. The van der Waals surface area contributed by atoms with E-state index in [0.29, 0.717) is 19.5 Å². The molecule has 0 N–H and O–H groups in total. The van der Waals surface area contributed by atoms with Crippen LogP contribution in [0, 0.1) is 5.92 Å². The van der Waals surface area contributed by atoms with Gasteiger partial charge in [0.25, 0.3) is 0 Å². The normalized spacial score (nSPS) is 30.6. The highest BCUT2D eigenvalue weighted by atomic mass is 32.3. The first kappa shape index (κ1) is 14.5. The molecule has 2 fully saturated rings. The molecular formula is C11H19NO6S. The summed E-state index contributed by atoms with van der Waals surface area (Å²) in [5.74, 6) is -0.134. The number of carbonyl (C=O) groups is 1. The van der Waals surface area contributed by atoms with Crippen molar-refractivity contribution in [1.29, 1.82) is 0 Å². The lowest BCUT2D eigenvalue weighted by Crippen LogP contribution is -2.52. The van der Waals surface area contributed by atoms with Crippen LogP contribution in [0.15, 0.2) is 0 Å². The van der Waals surface area contributed by atoms with Crippen LogP contribution >= 0.6 is 0 Å². The van der Waals surface area contributed by atoms with Crippen LogP contribution in [0.3, 0.4) is 0 Å². The molecule has 0 aromatic heterocycles. The van der Waals surface area contributed by atoms with Crippen molar-refractivity contribution in [3.8, 4) is 0 Å². The second-order valence-corrected chi connectivity index (χ2v) is 7.05. The number of nitrogens with zero attached hydrogens (tertiary/aromatic N) is 1. The molecule has 0 aliphatic carbocycles. The summed E-state index contributed by atoms with van der Waals surface area (Å²) in [5, 5.41) is 0. The highest BCUT2D eigenvalue weighted by Crippen LogP contribution is 2.28. The maximum Gasteiger partial charge on any atom is 0.410 e. The molecule has 2 rings (SSSR count). The Kier molecular flexibility index (Phi) is 3.76. The number of carbonyl (C=O) groups excluding carboxylic acids is 1. The second kappa shape index (κ2) is 4.92. The lowest BCUT2D eigenvalue weighted by atomic mass is 9.96. The fraction of sp³-hybridized carbons (Fsp3) is 0.909. The number of amides is 1. The molecular weight excluding hydrogens is 274 g/mol. The third kappa shape index (κ3) is 3.80. The quantitative estimate of drug-likeness (QED) is 0.660. The number of ether oxygens (including phenoxy) is 1. The van der Waals surface area contributed by atoms with Gasteiger partial charge in [-0.3, -0.25) is 0 Å². The van der Waals surface area contributed by atoms with E-state index in [1.807, 2.05) is 0 Å². The molecule has 2 heterocycles. The van der Waals surface area contributed by atoms with Gasteiger partial charge in [0.15, 0.2) is 0 Å². The van der Waals surface area contributed by atoms with Crippen LogP contribution < -0.4 is 0 Å². The molecule has 0 spiro atoms. The monoisotopic (exact) mass is 293 g/mol. The molecule has 2 unspecified atom stereocenters. The lowest BCUT2D eigenvalue weighted by Gasteiger charge is -2.39. The summed E-state index contributed by atoms with van der Waals surface area (Å²) in [6.07, 6.45) is -0.330. The Labute approximate surface area is 113 Å². The van der Waals surface area contributed by atoms with Gasteiger partial charge in [0.05, 0.1) is 12.7 Å². The van der Waals surface area contributed by atoms with Gasteiger partial charge in [-0.1, -0.05) is 0 Å². The van der Waals surface area contributed by atoms with E-state index in [4.69, 9.17) is 8.92 Å². The molecule has 0 bridgehead atoms. The van der Waals surface area contributed by atoms with Crippen molar-refractivity contribution in [3.63, 3.8) is 0 Å². The molecule has 0 saturated carbocycles. The third-order valence-electron chi connectivity index (χ3n) is 2.98. The Bertz CT molecular complexity index is 454. The first-order valence-corrected chi connectivity index (χ1v) is 7.55. The molecule has 2 aliphatic rings. The Morgan fingerprint density at radius 2 is 2.05 bits per heavy atom. The standard InChI is InChI=1S/C11H19NO6S/c1-11(2,3)17-10(13)12-5-4-9-8(6-12)7-16-19(14,15)18-9/h8-9H,4-7H2,1-3H3. The van der Waals surface area contributed by atoms with Crippen LogP contribution in [0.5, 0.6) is 0 Å². The zero-order valence-corrected chi connectivity index (χ0v) is 12.1. The fourth-order valence-corrected chi connectivity index (χ4v) is 3.09.